The van der Waals surface area contributed by atoms with Crippen molar-refractivity contribution in [1.29, 1.82) is 0 Å². The van der Waals surface area contributed by atoms with Gasteiger partial charge in [0.05, 0.1) is 4.90 Å². The van der Waals surface area contributed by atoms with Crippen LogP contribution >= 0.6 is 15.9 Å². The number of rotatable bonds is 1. The fourth-order valence-corrected chi connectivity index (χ4v) is 2.25. The quantitative estimate of drug-likeness (QED) is 0.757. The average molecular weight is 276 g/mol. The van der Waals surface area contributed by atoms with Gasteiger partial charge in [-0.05, 0) is 28.1 Å². The molecule has 0 bridgehead atoms. The molecule has 0 unspecified atom stereocenters. The summed E-state index contributed by atoms with van der Waals surface area (Å²) in [6.45, 7) is 0. The van der Waals surface area contributed by atoms with Crippen molar-refractivity contribution in [3.8, 4) is 0 Å². The molecule has 0 aliphatic rings. The van der Waals surface area contributed by atoms with Crippen molar-refractivity contribution >= 4 is 77.3 Å². The fourth-order valence-electron chi connectivity index (χ4n) is 0.675. The predicted octanol–water partition coefficient (Wildman–Crippen LogP) is 0.448. The van der Waals surface area contributed by atoms with Gasteiger partial charge in [0.25, 0.3) is 0 Å². The summed E-state index contributed by atoms with van der Waals surface area (Å²) in [6, 6.07) is 6.41. The molecule has 0 fully saturated rings. The second kappa shape index (κ2) is 5.21. The van der Waals surface area contributed by atoms with Crippen LogP contribution in [0.5, 0.6) is 0 Å². The van der Waals surface area contributed by atoms with Gasteiger partial charge in [-0.3, -0.25) is 0 Å². The van der Waals surface area contributed by atoms with Crippen molar-refractivity contribution in [2.75, 3.05) is 0 Å². The molecule has 0 heterocycles. The molecule has 6 heteroatoms. The molecule has 3 nitrogen and oxygen atoms in total. The third-order valence-electron chi connectivity index (χ3n) is 1.14. The van der Waals surface area contributed by atoms with E-state index in [0.29, 0.717) is 4.47 Å². The molecule has 0 radical (unpaired) electrons. The van der Waals surface area contributed by atoms with E-state index in [4.69, 9.17) is 5.14 Å². The van der Waals surface area contributed by atoms with Crippen LogP contribution in [0.2, 0.25) is 0 Å². The molecule has 0 spiro atoms. The molecule has 1 aromatic carbocycles. The van der Waals surface area contributed by atoms with Crippen LogP contribution in [-0.2, 0) is 10.0 Å². The molecule has 1 rings (SSSR count). The molecule has 2 N–H and O–H groups in total. The minimum absolute atomic E-state index is 0. The maximum atomic E-state index is 10.8. The molecule has 12 heavy (non-hydrogen) atoms. The van der Waals surface area contributed by atoms with Gasteiger partial charge in [-0.2, -0.15) is 0 Å². The summed E-state index contributed by atoms with van der Waals surface area (Å²) in [5.41, 5.74) is 0. The fraction of sp³-hybridized carbons (Fsp3) is 0. The van der Waals surface area contributed by atoms with Crippen molar-refractivity contribution in [3.05, 3.63) is 28.7 Å². The van der Waals surface area contributed by atoms with E-state index in [0.717, 1.165) is 0 Å². The first kappa shape index (κ1) is 13.2. The van der Waals surface area contributed by atoms with E-state index in [2.05, 4.69) is 15.9 Å². The minimum atomic E-state index is -3.58. The van der Waals surface area contributed by atoms with Crippen LogP contribution in [-0.4, -0.2) is 59.8 Å². The number of sulfonamides is 1. The first-order valence-electron chi connectivity index (χ1n) is 2.79. The number of primary sulfonamides is 1. The number of hydrogen-bond donors (Lipinski definition) is 1. The van der Waals surface area contributed by atoms with Gasteiger partial charge in [0.15, 0.2) is 0 Å². The number of nitrogens with two attached hydrogens (primary N) is 1. The Labute approximate surface area is 122 Å². The van der Waals surface area contributed by atoms with Crippen molar-refractivity contribution in [1.82, 2.24) is 0 Å². The Bertz CT molecular complexity index is 366. The predicted molar refractivity (Wildman–Crippen MR) is 52.7 cm³/mol. The van der Waals surface area contributed by atoms with E-state index < -0.39 is 10.0 Å². The van der Waals surface area contributed by atoms with Crippen LogP contribution in [0.4, 0.5) is 0 Å². The molecular weight excluding hydrogens is 269 g/mol. The zero-order valence-corrected chi connectivity index (χ0v) is 7.89. The standard InChI is InChI=1S/C6H6BrNO2S.K.H/c7-5-3-1-2-4-6(5)11(8,9)10;;/h1-4H,(H2,8,9,10);;. The molecule has 0 aliphatic heterocycles. The van der Waals surface area contributed by atoms with Crippen molar-refractivity contribution in [2.45, 2.75) is 4.90 Å². The Morgan fingerprint density at radius 3 is 2.08 bits per heavy atom. The molecule has 0 atom stereocenters. The second-order valence-electron chi connectivity index (χ2n) is 1.98. The van der Waals surface area contributed by atoms with Crippen LogP contribution in [0, 0.1) is 0 Å². The van der Waals surface area contributed by atoms with Gasteiger partial charge in [0.1, 0.15) is 0 Å². The number of benzene rings is 1. The van der Waals surface area contributed by atoms with E-state index in [1.807, 2.05) is 0 Å². The third-order valence-corrected chi connectivity index (χ3v) is 3.07. The van der Waals surface area contributed by atoms with Crippen LogP contribution in [0.3, 0.4) is 0 Å². The first-order chi connectivity index (χ1) is 5.02. The van der Waals surface area contributed by atoms with Crippen molar-refractivity contribution < 1.29 is 8.42 Å². The summed E-state index contributed by atoms with van der Waals surface area (Å²) in [6.07, 6.45) is 0. The van der Waals surface area contributed by atoms with E-state index in [1.165, 1.54) is 6.07 Å². The van der Waals surface area contributed by atoms with Crippen LogP contribution in [0.15, 0.2) is 33.6 Å². The normalized spacial score (nSPS) is 10.5. The molecule has 0 saturated heterocycles. The summed E-state index contributed by atoms with van der Waals surface area (Å²) in [7, 11) is -3.58. The maximum absolute atomic E-state index is 10.8. The molecule has 0 saturated carbocycles. The Balaban J connectivity index is 0.00000121. The van der Waals surface area contributed by atoms with Gasteiger partial charge in [-0.15, -0.1) is 0 Å². The molecule has 62 valence electrons. The topological polar surface area (TPSA) is 60.2 Å². The Morgan fingerprint density at radius 1 is 1.25 bits per heavy atom. The van der Waals surface area contributed by atoms with Crippen molar-refractivity contribution in [2.24, 2.45) is 5.14 Å². The summed E-state index contributed by atoms with van der Waals surface area (Å²) < 4.78 is 22.1. The SMILES string of the molecule is NS(=O)(=O)c1ccccc1Br.[KH]. The van der Waals surface area contributed by atoms with E-state index in [1.54, 1.807) is 18.2 Å². The molecule has 0 aliphatic carbocycles. The van der Waals surface area contributed by atoms with Gasteiger partial charge in [-0.1, -0.05) is 12.1 Å². The molecular formula is C6H7BrKNO2S. The average Bonchev–Trinajstić information content (AvgIpc) is 1.86. The molecule has 1 aromatic rings. The number of halogens is 1. The Kier molecular flexibility index (Phi) is 5.75. The summed E-state index contributed by atoms with van der Waals surface area (Å²) in [5.74, 6) is 0. The molecule has 0 aromatic heterocycles. The Morgan fingerprint density at radius 2 is 1.75 bits per heavy atom. The van der Waals surface area contributed by atoms with Gasteiger partial charge in [0, 0.05) is 4.47 Å². The van der Waals surface area contributed by atoms with Gasteiger partial charge >= 0.3 is 51.4 Å². The van der Waals surface area contributed by atoms with Gasteiger partial charge < -0.3 is 0 Å². The van der Waals surface area contributed by atoms with E-state index in [9.17, 15) is 8.42 Å². The van der Waals surface area contributed by atoms with E-state index in [-0.39, 0.29) is 56.3 Å². The zero-order valence-electron chi connectivity index (χ0n) is 5.49. The summed E-state index contributed by atoms with van der Waals surface area (Å²) >= 11 is 3.07. The zero-order chi connectivity index (χ0) is 8.48. The monoisotopic (exact) mass is 275 g/mol. The summed E-state index contributed by atoms with van der Waals surface area (Å²) in [4.78, 5) is 0.111. The van der Waals surface area contributed by atoms with E-state index >= 15 is 0 Å². The third kappa shape index (κ3) is 3.55. The van der Waals surface area contributed by atoms with Crippen LogP contribution in [0.1, 0.15) is 0 Å². The second-order valence-corrected chi connectivity index (χ2v) is 4.36. The van der Waals surface area contributed by atoms with Crippen LogP contribution < -0.4 is 5.14 Å². The van der Waals surface area contributed by atoms with Gasteiger partial charge in [0.2, 0.25) is 10.0 Å². The molecule has 0 amide bonds. The Hall–Kier alpha value is 1.25. The van der Waals surface area contributed by atoms with Crippen molar-refractivity contribution in [3.63, 3.8) is 0 Å². The van der Waals surface area contributed by atoms with Crippen LogP contribution in [0.25, 0.3) is 0 Å². The summed E-state index contributed by atoms with van der Waals surface area (Å²) in [5, 5.41) is 4.90. The number of hydrogen-bond acceptors (Lipinski definition) is 2. The van der Waals surface area contributed by atoms with Gasteiger partial charge in [-0.25, -0.2) is 13.6 Å². The first-order valence-corrected chi connectivity index (χ1v) is 5.13.